The zero-order valence-electron chi connectivity index (χ0n) is 23.0. The first-order valence-corrected chi connectivity index (χ1v) is 14.3. The standard InChI is InChI=1S/C34H39F3O2/c1-3-5-7-9-21-38-32-20-19-30(33(36)34(32)37)25-13-11-24(12-14-25)29-18-16-26(22-31(29)35)27-15-17-28(39-23-27)10-8-6-4-2/h4,6,11-14,16,18-20,22,27-28H,3,5,7-10,15,17,21,23H2,1-2H3/b6-4+. The van der Waals surface area contributed by atoms with E-state index in [0.29, 0.717) is 29.9 Å². The van der Waals surface area contributed by atoms with Gasteiger partial charge in [-0.25, -0.2) is 8.78 Å². The molecule has 1 fully saturated rings. The largest absolute Gasteiger partial charge is 0.490 e. The second-order valence-corrected chi connectivity index (χ2v) is 10.3. The predicted octanol–water partition coefficient (Wildman–Crippen LogP) is 10.0. The minimum Gasteiger partial charge on any atom is -0.490 e. The summed E-state index contributed by atoms with van der Waals surface area (Å²) in [6, 6.07) is 15.2. The van der Waals surface area contributed by atoms with E-state index in [1.165, 1.54) is 12.1 Å². The lowest BCUT2D eigenvalue weighted by molar-refractivity contribution is -0.000225. The number of hydrogen-bond acceptors (Lipinski definition) is 2. The highest BCUT2D eigenvalue weighted by molar-refractivity contribution is 5.71. The molecular formula is C34H39F3O2. The number of halogens is 3. The van der Waals surface area contributed by atoms with E-state index in [4.69, 9.17) is 9.47 Å². The van der Waals surface area contributed by atoms with E-state index in [2.05, 4.69) is 19.1 Å². The Morgan fingerprint density at radius 3 is 2.28 bits per heavy atom. The van der Waals surface area contributed by atoms with Crippen molar-refractivity contribution in [3.05, 3.63) is 89.8 Å². The Morgan fingerprint density at radius 1 is 0.872 bits per heavy atom. The van der Waals surface area contributed by atoms with E-state index in [1.807, 2.05) is 13.0 Å². The summed E-state index contributed by atoms with van der Waals surface area (Å²) in [5, 5.41) is 0. The van der Waals surface area contributed by atoms with Gasteiger partial charge in [-0.3, -0.25) is 0 Å². The van der Waals surface area contributed by atoms with Crippen molar-refractivity contribution >= 4 is 0 Å². The van der Waals surface area contributed by atoms with Crippen molar-refractivity contribution in [1.29, 1.82) is 0 Å². The fourth-order valence-corrected chi connectivity index (χ4v) is 5.17. The number of hydrogen-bond donors (Lipinski definition) is 0. The minimum atomic E-state index is -0.982. The number of rotatable bonds is 12. The smallest absolute Gasteiger partial charge is 0.201 e. The highest BCUT2D eigenvalue weighted by Crippen LogP contribution is 2.34. The number of unbranched alkanes of at least 4 members (excludes halogenated alkanes) is 3. The summed E-state index contributed by atoms with van der Waals surface area (Å²) in [5.41, 5.74) is 2.77. The topological polar surface area (TPSA) is 18.5 Å². The molecule has 208 valence electrons. The van der Waals surface area contributed by atoms with Crippen LogP contribution in [0.4, 0.5) is 13.2 Å². The molecule has 0 saturated carbocycles. The maximum atomic E-state index is 15.2. The monoisotopic (exact) mass is 536 g/mol. The van der Waals surface area contributed by atoms with Crippen LogP contribution < -0.4 is 4.74 Å². The van der Waals surface area contributed by atoms with Crippen molar-refractivity contribution in [2.45, 2.75) is 77.2 Å². The van der Waals surface area contributed by atoms with Gasteiger partial charge < -0.3 is 9.47 Å². The van der Waals surface area contributed by atoms with E-state index >= 15 is 4.39 Å². The fourth-order valence-electron chi connectivity index (χ4n) is 5.17. The van der Waals surface area contributed by atoms with Gasteiger partial charge in [-0.1, -0.05) is 74.7 Å². The minimum absolute atomic E-state index is 0.0703. The molecule has 5 heteroatoms. The Labute approximate surface area is 230 Å². The lowest BCUT2D eigenvalue weighted by atomic mass is 9.89. The molecule has 4 rings (SSSR count). The predicted molar refractivity (Wildman–Crippen MR) is 153 cm³/mol. The van der Waals surface area contributed by atoms with Crippen LogP contribution in [-0.4, -0.2) is 19.3 Å². The molecule has 1 heterocycles. The van der Waals surface area contributed by atoms with Gasteiger partial charge in [0.1, 0.15) is 5.82 Å². The second-order valence-electron chi connectivity index (χ2n) is 10.3. The first-order chi connectivity index (χ1) is 19.0. The normalized spacial score (nSPS) is 17.6. The summed E-state index contributed by atoms with van der Waals surface area (Å²) >= 11 is 0. The van der Waals surface area contributed by atoms with Crippen molar-refractivity contribution in [2.75, 3.05) is 13.2 Å². The average molecular weight is 537 g/mol. The van der Waals surface area contributed by atoms with Crippen LogP contribution >= 0.6 is 0 Å². The van der Waals surface area contributed by atoms with Crippen LogP contribution in [0.25, 0.3) is 22.3 Å². The summed E-state index contributed by atoms with van der Waals surface area (Å²) in [5.74, 6) is -2.10. The molecule has 0 bridgehead atoms. The lowest BCUT2D eigenvalue weighted by Crippen LogP contribution is -2.24. The van der Waals surface area contributed by atoms with E-state index in [9.17, 15) is 8.78 Å². The molecule has 2 unspecified atom stereocenters. The molecule has 2 nitrogen and oxygen atoms in total. The quantitative estimate of drug-likeness (QED) is 0.169. The molecule has 3 aromatic carbocycles. The third-order valence-corrected chi connectivity index (χ3v) is 7.54. The summed E-state index contributed by atoms with van der Waals surface area (Å²) in [4.78, 5) is 0. The van der Waals surface area contributed by atoms with Crippen LogP contribution in [0, 0.1) is 17.5 Å². The van der Waals surface area contributed by atoms with Gasteiger partial charge in [0.05, 0.1) is 19.3 Å². The molecule has 2 atom stereocenters. The number of allylic oxidation sites excluding steroid dienone is 2. The zero-order chi connectivity index (χ0) is 27.6. The van der Waals surface area contributed by atoms with Crippen LogP contribution in [0.5, 0.6) is 5.75 Å². The van der Waals surface area contributed by atoms with Gasteiger partial charge in [0.25, 0.3) is 0 Å². The third kappa shape index (κ3) is 7.54. The summed E-state index contributed by atoms with van der Waals surface area (Å²) < 4.78 is 56.2. The Hall–Kier alpha value is -3.05. The first-order valence-electron chi connectivity index (χ1n) is 14.3. The van der Waals surface area contributed by atoms with Crippen molar-refractivity contribution in [1.82, 2.24) is 0 Å². The van der Waals surface area contributed by atoms with Crippen molar-refractivity contribution < 1.29 is 22.6 Å². The molecule has 1 aliphatic heterocycles. The molecule has 1 saturated heterocycles. The van der Waals surface area contributed by atoms with E-state index in [1.54, 1.807) is 36.4 Å². The van der Waals surface area contributed by atoms with Crippen molar-refractivity contribution in [3.8, 4) is 28.0 Å². The Morgan fingerprint density at radius 2 is 1.62 bits per heavy atom. The molecule has 0 aliphatic carbocycles. The molecule has 0 amide bonds. The van der Waals surface area contributed by atoms with Crippen molar-refractivity contribution in [2.24, 2.45) is 0 Å². The molecule has 0 N–H and O–H groups in total. The van der Waals surface area contributed by atoms with Gasteiger partial charge >= 0.3 is 0 Å². The number of benzene rings is 3. The summed E-state index contributed by atoms with van der Waals surface area (Å²) in [7, 11) is 0. The third-order valence-electron chi connectivity index (χ3n) is 7.54. The number of ether oxygens (including phenoxy) is 2. The van der Waals surface area contributed by atoms with Gasteiger partial charge in [-0.05, 0) is 73.9 Å². The molecule has 39 heavy (non-hydrogen) atoms. The summed E-state index contributed by atoms with van der Waals surface area (Å²) in [6.45, 7) is 5.11. The second kappa shape index (κ2) is 14.4. The highest BCUT2D eigenvalue weighted by atomic mass is 19.2. The van der Waals surface area contributed by atoms with Gasteiger partial charge in [0, 0.05) is 17.0 Å². The van der Waals surface area contributed by atoms with E-state index < -0.39 is 11.6 Å². The van der Waals surface area contributed by atoms with Crippen LogP contribution in [0.15, 0.2) is 66.7 Å². The first kappa shape index (κ1) is 28.9. The van der Waals surface area contributed by atoms with E-state index in [0.717, 1.165) is 56.9 Å². The van der Waals surface area contributed by atoms with Crippen LogP contribution in [0.1, 0.15) is 76.7 Å². The summed E-state index contributed by atoms with van der Waals surface area (Å²) in [6.07, 6.45) is 12.5. The Bertz CT molecular complexity index is 1230. The van der Waals surface area contributed by atoms with Gasteiger partial charge in [0.15, 0.2) is 11.6 Å². The van der Waals surface area contributed by atoms with Crippen LogP contribution in [-0.2, 0) is 4.74 Å². The zero-order valence-corrected chi connectivity index (χ0v) is 23.0. The van der Waals surface area contributed by atoms with Crippen molar-refractivity contribution in [3.63, 3.8) is 0 Å². The van der Waals surface area contributed by atoms with Gasteiger partial charge in [-0.15, -0.1) is 0 Å². The lowest BCUT2D eigenvalue weighted by Gasteiger charge is -2.29. The average Bonchev–Trinajstić information content (AvgIpc) is 2.96. The highest BCUT2D eigenvalue weighted by Gasteiger charge is 2.23. The maximum Gasteiger partial charge on any atom is 0.201 e. The molecule has 0 aromatic heterocycles. The molecule has 1 aliphatic rings. The molecule has 0 radical (unpaired) electrons. The Balaban J connectivity index is 1.40. The van der Waals surface area contributed by atoms with Crippen LogP contribution in [0.2, 0.25) is 0 Å². The Kier molecular flexibility index (Phi) is 10.7. The van der Waals surface area contributed by atoms with Crippen LogP contribution in [0.3, 0.4) is 0 Å². The SMILES string of the molecule is C/C=C/CCC1CCC(c2ccc(-c3ccc(-c4ccc(OCCCCCC)c(F)c4F)cc3)c(F)c2)CO1. The molecule has 3 aromatic rings. The van der Waals surface area contributed by atoms with Gasteiger partial charge in [-0.2, -0.15) is 4.39 Å². The van der Waals surface area contributed by atoms with E-state index in [-0.39, 0.29) is 29.2 Å². The maximum absolute atomic E-state index is 15.2. The molecule has 0 spiro atoms. The van der Waals surface area contributed by atoms with Gasteiger partial charge in [0.2, 0.25) is 5.82 Å². The molecular weight excluding hydrogens is 497 g/mol. The fraction of sp³-hybridized carbons (Fsp3) is 0.412.